The van der Waals surface area contributed by atoms with E-state index in [1.165, 1.54) is 79.9 Å². The minimum atomic E-state index is -4.38. The molecule has 0 bridgehead atoms. The number of likely N-dealkylation sites (N-methyl/N-ethyl adjacent to an activating group) is 2. The summed E-state index contributed by atoms with van der Waals surface area (Å²) in [6.45, 7) is 12.6. The number of aliphatic carboxylic acids is 1. The Bertz CT molecular complexity index is 3420. The number of non-ortho nitro benzene ring substituents is 2. The molecule has 2 heterocycles. The van der Waals surface area contributed by atoms with Crippen molar-refractivity contribution in [2.45, 2.75) is 117 Å². The third-order valence-corrected chi connectivity index (χ3v) is 17.6. The molecule has 2 saturated heterocycles. The van der Waals surface area contributed by atoms with Crippen molar-refractivity contribution >= 4 is 47.2 Å². The number of alkyl halides is 5. The predicted molar refractivity (Wildman–Crippen MR) is 361 cm³/mol. The molecule has 20 nitrogen and oxygen atoms in total. The monoisotopic (exact) mass is 1570 g/mol. The first-order chi connectivity index (χ1) is 47.3. The molecular formula is C73H94Br2ClF4N6NaO14+2. The number of rotatable bonds is 31. The van der Waals surface area contributed by atoms with Gasteiger partial charge in [-0.3, -0.25) is 29.4 Å². The fraction of sp³-hybridized carbons (Fsp3) is 0.452. The minimum Gasteiger partial charge on any atom is -1.00 e. The number of carbonyl (C=O) groups is 4. The van der Waals surface area contributed by atoms with Crippen LogP contribution in [0.1, 0.15) is 110 Å². The number of hydrogen-bond acceptors (Lipinski definition) is 14. The van der Waals surface area contributed by atoms with Crippen LogP contribution in [0.3, 0.4) is 0 Å². The van der Waals surface area contributed by atoms with Crippen LogP contribution in [0.4, 0.5) is 38.5 Å². The number of nitro groups is 2. The molecular weight excluding hydrogens is 1480 g/mol. The molecule has 2 atom stereocenters. The second-order valence-electron chi connectivity index (χ2n) is 25.6. The third kappa shape index (κ3) is 34.5. The Morgan fingerprint density at radius 2 is 0.891 bits per heavy atom. The van der Waals surface area contributed by atoms with Gasteiger partial charge in [0, 0.05) is 76.5 Å². The molecule has 6 aromatic carbocycles. The number of aryl methyl sites for hydroxylation is 1. The zero-order chi connectivity index (χ0) is 72.2. The van der Waals surface area contributed by atoms with Crippen molar-refractivity contribution in [1.29, 1.82) is 0 Å². The first-order valence-electron chi connectivity index (χ1n) is 33.5. The Balaban J connectivity index is 0.000000560. The number of esters is 1. The van der Waals surface area contributed by atoms with Crippen molar-refractivity contribution in [2.75, 3.05) is 99.7 Å². The molecule has 6 aromatic rings. The van der Waals surface area contributed by atoms with Crippen molar-refractivity contribution in [3.63, 3.8) is 0 Å². The van der Waals surface area contributed by atoms with E-state index in [4.69, 9.17) is 31.9 Å². The van der Waals surface area contributed by atoms with Crippen molar-refractivity contribution in [2.24, 2.45) is 0 Å². The number of carboxylic acids is 1. The van der Waals surface area contributed by atoms with Crippen LogP contribution in [0.5, 0.6) is 0 Å². The molecule has 2 aliphatic rings. The van der Waals surface area contributed by atoms with Crippen LogP contribution < -0.4 is 68.6 Å². The van der Waals surface area contributed by atoms with Gasteiger partial charge in [0.05, 0.1) is 83.7 Å². The minimum absolute atomic E-state index is 0. The molecule has 548 valence electrons. The van der Waals surface area contributed by atoms with Gasteiger partial charge < -0.3 is 85.5 Å². The molecule has 0 saturated carbocycles. The first-order valence-corrected chi connectivity index (χ1v) is 33.3. The predicted octanol–water partition coefficient (Wildman–Crippen LogP) is 5.11. The molecule has 2 fully saturated rings. The standard InChI is InChI=1S/C36H44F3N3O7.C19H22ClN2O5.C17H25NO2.CH3F.2BrH.Na/c1-41(25-29-9-4-2-5-10-29,26-30-14-18-33(19-15-30)40(45)46)23-24-47-35(44)49-28-48-34(43)11-8-22-42(20-6-3-7-21-42)27-31-12-16-32(17-13-31)36(37,38)39;1-22(11-12-26-19(23)27-15-20,13-16-5-3-2-4-6-16)14-17-7-9-18(10-8-17)21(24)25;1-15-7-9-16(10-8-15)14-18(11-3-2-4-12-18)13-5-6-17(19)20;1-2;;;/h2,4-5,9-10,12-19H,3,6-8,11,20-28H2,1H3;2-10H,11-15H2,1H3;7-10H,2-6,11-14H2,1H3;1H3;2*1H;/q+2;+1;;;;;+1/p-2/i;;;1D;;;. The maximum atomic E-state index is 13.0. The van der Waals surface area contributed by atoms with E-state index in [1.54, 1.807) is 24.3 Å². The largest absolute Gasteiger partial charge is 1.00 e. The summed E-state index contributed by atoms with van der Waals surface area (Å²) in [6.07, 6.45) is 2.39. The van der Waals surface area contributed by atoms with Crippen LogP contribution in [0.25, 0.3) is 0 Å². The number of ether oxygens (including phenoxy) is 5. The number of benzene rings is 6. The average molecular weight is 1570 g/mol. The van der Waals surface area contributed by atoms with Crippen molar-refractivity contribution in [3.8, 4) is 0 Å². The number of carbonyl (C=O) groups excluding carboxylic acids is 4. The Labute approximate surface area is 639 Å². The topological polar surface area (TPSA) is 224 Å². The Morgan fingerprint density at radius 3 is 1.26 bits per heavy atom. The van der Waals surface area contributed by atoms with Gasteiger partial charge in [-0.05, 0) is 88.3 Å². The quantitative estimate of drug-likeness (QED) is 0.00635. The van der Waals surface area contributed by atoms with E-state index in [-0.39, 0.29) is 107 Å². The number of nitro benzene ring substituents is 2. The van der Waals surface area contributed by atoms with Gasteiger partial charge in [-0.15, -0.1) is 0 Å². The van der Waals surface area contributed by atoms with E-state index in [2.05, 4.69) is 35.9 Å². The number of quaternary nitrogens is 4. The molecule has 0 spiro atoms. The summed E-state index contributed by atoms with van der Waals surface area (Å²) in [5, 5.41) is 32.5. The molecule has 0 radical (unpaired) electrons. The molecule has 0 aromatic heterocycles. The summed E-state index contributed by atoms with van der Waals surface area (Å²) >= 11 is 5.34. The SMILES string of the molecule is C[N+](CCOC(=O)OCCl)(Cc1ccccc1)Cc1ccc([N+](=O)[O-])cc1.C[N+](CCOC(=O)OCOC(=O)CCC[N+]1(Cc2ccc(C(F)(F)F)cc2)CCCCC1)(Cc1ccccc1)Cc1ccc([N+](=O)[O-])cc1.Cc1ccc(C[N+]2(CCCC(=O)[O-])CCCCC2)cc1.[2H]CF.[Br-].[Br-].[Na+]. The average Bonchev–Trinajstić information content (AvgIpc) is 0.836. The number of hydrogen-bond donors (Lipinski definition) is 0. The molecule has 2 aliphatic heterocycles. The van der Waals surface area contributed by atoms with E-state index >= 15 is 0 Å². The van der Waals surface area contributed by atoms with Gasteiger partial charge >= 0.3 is 54.0 Å². The maximum absolute atomic E-state index is 13.0. The van der Waals surface area contributed by atoms with Gasteiger partial charge in [0.15, 0.2) is 6.07 Å². The maximum Gasteiger partial charge on any atom is 1.00 e. The van der Waals surface area contributed by atoms with E-state index in [9.17, 15) is 62.1 Å². The Hall–Kier alpha value is -6.59. The van der Waals surface area contributed by atoms with E-state index < -0.39 is 59.8 Å². The summed E-state index contributed by atoms with van der Waals surface area (Å²) in [4.78, 5) is 67.7. The number of halogens is 7. The van der Waals surface area contributed by atoms with Gasteiger partial charge in [0.25, 0.3) is 11.4 Å². The first kappa shape index (κ1) is 88.6. The number of nitrogens with zero attached hydrogens (tertiary/aromatic N) is 6. The number of piperidine rings is 2. The van der Waals surface area contributed by atoms with Crippen LogP contribution in [0, 0.1) is 27.2 Å². The van der Waals surface area contributed by atoms with Gasteiger partial charge in [0.1, 0.15) is 65.6 Å². The number of carboxylic acid groups (broad SMARTS) is 1. The van der Waals surface area contributed by atoms with Gasteiger partial charge in [-0.1, -0.05) is 114 Å². The Kier molecular flexibility index (Phi) is 41.2. The van der Waals surface area contributed by atoms with Crippen molar-refractivity contribution < 1.29 is 158 Å². The van der Waals surface area contributed by atoms with E-state index in [0.717, 1.165) is 96.3 Å². The van der Waals surface area contributed by atoms with Gasteiger partial charge in [-0.2, -0.15) is 13.2 Å². The smallest absolute Gasteiger partial charge is 1.00 e. The van der Waals surface area contributed by atoms with Crippen LogP contribution in [-0.4, -0.2) is 152 Å². The van der Waals surface area contributed by atoms with E-state index in [1.807, 2.05) is 74.8 Å². The molecule has 2 unspecified atom stereocenters. The summed E-state index contributed by atoms with van der Waals surface area (Å²) in [5.41, 5.74) is 6.96. The molecule has 8 rings (SSSR count). The molecule has 101 heavy (non-hydrogen) atoms. The zero-order valence-electron chi connectivity index (χ0n) is 59.1. The Morgan fingerprint density at radius 1 is 0.535 bits per heavy atom. The summed E-state index contributed by atoms with van der Waals surface area (Å²) in [5.74, 6) is -1.44. The summed E-state index contributed by atoms with van der Waals surface area (Å²) in [6, 6.07) is 46.4. The van der Waals surface area contributed by atoms with Crippen molar-refractivity contribution in [1.82, 2.24) is 0 Å². The van der Waals surface area contributed by atoms with Crippen LogP contribution >= 0.6 is 11.6 Å². The fourth-order valence-electron chi connectivity index (χ4n) is 12.5. The van der Waals surface area contributed by atoms with Crippen molar-refractivity contribution in [3.05, 3.63) is 222 Å². The second kappa shape index (κ2) is 46.9. The van der Waals surface area contributed by atoms with Gasteiger partial charge in [0.2, 0.25) is 6.79 Å². The normalized spacial score (nSPS) is 14.7. The second-order valence-corrected chi connectivity index (χ2v) is 25.8. The summed E-state index contributed by atoms with van der Waals surface area (Å²) in [7, 11) is 3.05. The third-order valence-electron chi connectivity index (χ3n) is 17.5. The van der Waals surface area contributed by atoms with E-state index in [0.29, 0.717) is 72.2 Å². The molecule has 28 heteroatoms. The van der Waals surface area contributed by atoms with Crippen LogP contribution in [0.2, 0.25) is 0 Å². The van der Waals surface area contributed by atoms with Gasteiger partial charge in [-0.25, -0.2) is 9.59 Å². The van der Waals surface area contributed by atoms with Crippen LogP contribution in [-0.2, 0) is 78.7 Å². The number of likely N-dealkylation sites (tertiary alicyclic amines) is 2. The summed E-state index contributed by atoms with van der Waals surface area (Å²) < 4.78 is 82.2. The fourth-order valence-corrected chi connectivity index (χ4v) is 12.6. The molecule has 0 amide bonds. The zero-order valence-corrected chi connectivity index (χ0v) is 64.0. The van der Waals surface area contributed by atoms with Crippen LogP contribution in [0.15, 0.2) is 158 Å². The molecule has 0 N–H and O–H groups in total. The molecule has 0 aliphatic carbocycles.